The van der Waals surface area contributed by atoms with Crippen LogP contribution in [0.3, 0.4) is 0 Å². The molecule has 0 saturated carbocycles. The van der Waals surface area contributed by atoms with E-state index in [-0.39, 0.29) is 12.6 Å². The lowest BCUT2D eigenvalue weighted by atomic mass is 10.1. The maximum absolute atomic E-state index is 9.86. The molecule has 0 amide bonds. The number of benzene rings is 3. The summed E-state index contributed by atoms with van der Waals surface area (Å²) in [5.74, 6) is 1.26. The van der Waals surface area contributed by atoms with Crippen molar-refractivity contribution in [2.45, 2.75) is 12.6 Å². The Kier molecular flexibility index (Phi) is 6.61. The van der Waals surface area contributed by atoms with Gasteiger partial charge in [-0.25, -0.2) is 4.99 Å². The van der Waals surface area contributed by atoms with Crippen LogP contribution < -0.4 is 4.74 Å². The van der Waals surface area contributed by atoms with Crippen LogP contribution in [-0.2, 0) is 11.3 Å². The van der Waals surface area contributed by atoms with Crippen LogP contribution >= 0.6 is 0 Å². The molecule has 138 valence electrons. The zero-order chi connectivity index (χ0) is 18.9. The molecule has 4 nitrogen and oxygen atoms in total. The molecule has 3 rings (SSSR count). The summed E-state index contributed by atoms with van der Waals surface area (Å²) < 4.78 is 11.3. The largest absolute Gasteiger partial charge is 0.497 e. The minimum Gasteiger partial charge on any atom is -0.497 e. The van der Waals surface area contributed by atoms with Gasteiger partial charge in [-0.05, 0) is 35.4 Å². The lowest BCUT2D eigenvalue weighted by Crippen LogP contribution is -2.12. The molecule has 3 aromatic carbocycles. The summed E-state index contributed by atoms with van der Waals surface area (Å²) >= 11 is 0. The van der Waals surface area contributed by atoms with E-state index < -0.39 is 0 Å². The second kappa shape index (κ2) is 9.55. The van der Waals surface area contributed by atoms with Gasteiger partial charge in [0.1, 0.15) is 18.4 Å². The fourth-order valence-corrected chi connectivity index (χ4v) is 2.69. The summed E-state index contributed by atoms with van der Waals surface area (Å²) in [5, 5.41) is 9.86. The fraction of sp³-hybridized carbons (Fsp3) is 0.174. The summed E-state index contributed by atoms with van der Waals surface area (Å²) in [6, 6.07) is 26.8. The number of aliphatic imine (C=N–C) groups is 1. The predicted molar refractivity (Wildman–Crippen MR) is 107 cm³/mol. The van der Waals surface area contributed by atoms with Gasteiger partial charge in [-0.3, -0.25) is 0 Å². The Bertz CT molecular complexity index is 846. The highest BCUT2D eigenvalue weighted by Crippen LogP contribution is 2.20. The van der Waals surface area contributed by atoms with Crippen molar-refractivity contribution in [3.8, 4) is 5.75 Å². The first-order valence-electron chi connectivity index (χ1n) is 8.85. The van der Waals surface area contributed by atoms with Gasteiger partial charge in [0, 0.05) is 5.56 Å². The monoisotopic (exact) mass is 361 g/mol. The molecule has 27 heavy (non-hydrogen) atoms. The smallest absolute Gasteiger partial charge is 0.217 e. The Hall–Kier alpha value is -3.11. The molecule has 0 aliphatic carbocycles. The molecule has 0 aromatic heterocycles. The molecule has 4 heteroatoms. The van der Waals surface area contributed by atoms with Crippen molar-refractivity contribution < 1.29 is 14.6 Å². The van der Waals surface area contributed by atoms with Crippen molar-refractivity contribution in [3.63, 3.8) is 0 Å². The van der Waals surface area contributed by atoms with Gasteiger partial charge >= 0.3 is 0 Å². The number of nitrogens with zero attached hydrogens (tertiary/aromatic N) is 1. The van der Waals surface area contributed by atoms with Crippen molar-refractivity contribution in [3.05, 3.63) is 102 Å². The van der Waals surface area contributed by atoms with E-state index in [2.05, 4.69) is 0 Å². The van der Waals surface area contributed by atoms with Gasteiger partial charge in [0.2, 0.25) is 5.90 Å². The minimum absolute atomic E-state index is 0.0988. The van der Waals surface area contributed by atoms with Crippen molar-refractivity contribution in [1.82, 2.24) is 0 Å². The Morgan fingerprint density at radius 2 is 1.52 bits per heavy atom. The van der Waals surface area contributed by atoms with Crippen LogP contribution in [-0.4, -0.2) is 24.7 Å². The Labute approximate surface area is 159 Å². The molecule has 0 radical (unpaired) electrons. The molecule has 0 aliphatic rings. The van der Waals surface area contributed by atoms with E-state index in [1.165, 1.54) is 0 Å². The number of methoxy groups -OCH3 is 1. The maximum Gasteiger partial charge on any atom is 0.217 e. The van der Waals surface area contributed by atoms with E-state index in [4.69, 9.17) is 14.5 Å². The standard InChI is InChI=1S/C23H23NO3/c1-26-21-14-12-20(13-15-21)23(27-17-18-8-4-2-5-9-18)24-22(16-25)19-10-6-3-7-11-19/h2-15,22,25H,16-17H2,1H3/t22-/m1/s1. The van der Waals surface area contributed by atoms with Gasteiger partial charge in [0.25, 0.3) is 0 Å². The van der Waals surface area contributed by atoms with Gasteiger partial charge in [0.05, 0.1) is 13.7 Å². The number of rotatable bonds is 7. The van der Waals surface area contributed by atoms with Gasteiger partial charge in [-0.2, -0.15) is 0 Å². The maximum atomic E-state index is 9.86. The zero-order valence-electron chi connectivity index (χ0n) is 15.3. The molecule has 0 bridgehead atoms. The lowest BCUT2D eigenvalue weighted by Gasteiger charge is -2.15. The molecule has 0 unspecified atom stereocenters. The van der Waals surface area contributed by atoms with Crippen molar-refractivity contribution in [1.29, 1.82) is 0 Å². The first-order valence-corrected chi connectivity index (χ1v) is 8.85. The normalized spacial score (nSPS) is 12.4. The van der Waals surface area contributed by atoms with Crippen LogP contribution in [0.25, 0.3) is 0 Å². The lowest BCUT2D eigenvalue weighted by molar-refractivity contribution is 0.257. The molecule has 0 fully saturated rings. The Balaban J connectivity index is 1.89. The summed E-state index contributed by atoms with van der Waals surface area (Å²) in [6.07, 6.45) is 0. The van der Waals surface area contributed by atoms with Crippen LogP contribution in [0.15, 0.2) is 89.9 Å². The third-order valence-electron chi connectivity index (χ3n) is 4.19. The van der Waals surface area contributed by atoms with Crippen molar-refractivity contribution in [2.75, 3.05) is 13.7 Å². The van der Waals surface area contributed by atoms with E-state index in [0.717, 1.165) is 22.4 Å². The average molecular weight is 361 g/mol. The SMILES string of the molecule is COc1ccc(C(=N[C@H](CO)c2ccccc2)OCc2ccccc2)cc1. The van der Waals surface area contributed by atoms with Crippen LogP contribution in [0.5, 0.6) is 5.75 Å². The van der Waals surface area contributed by atoms with Crippen LogP contribution in [0, 0.1) is 0 Å². The number of aliphatic hydroxyl groups excluding tert-OH is 1. The number of ether oxygens (including phenoxy) is 2. The second-order valence-corrected chi connectivity index (χ2v) is 6.05. The molecule has 0 spiro atoms. The summed E-state index contributed by atoms with van der Waals surface area (Å²) in [6.45, 7) is 0.303. The number of aliphatic hydroxyl groups is 1. The fourth-order valence-electron chi connectivity index (χ4n) is 2.69. The van der Waals surface area contributed by atoms with E-state index in [1.807, 2.05) is 84.9 Å². The number of hydrogen-bond acceptors (Lipinski definition) is 4. The predicted octanol–water partition coefficient (Wildman–Crippen LogP) is 4.39. The summed E-state index contributed by atoms with van der Waals surface area (Å²) in [7, 11) is 1.63. The van der Waals surface area contributed by atoms with E-state index >= 15 is 0 Å². The third kappa shape index (κ3) is 5.19. The van der Waals surface area contributed by atoms with Gasteiger partial charge in [-0.15, -0.1) is 0 Å². The van der Waals surface area contributed by atoms with Crippen molar-refractivity contribution >= 4 is 5.90 Å². The average Bonchev–Trinajstić information content (AvgIpc) is 2.75. The molecule has 0 saturated heterocycles. The first-order chi connectivity index (χ1) is 13.3. The quantitative estimate of drug-likeness (QED) is 0.501. The van der Waals surface area contributed by atoms with Crippen LogP contribution in [0.1, 0.15) is 22.7 Å². The van der Waals surface area contributed by atoms with Crippen LogP contribution in [0.4, 0.5) is 0 Å². The van der Waals surface area contributed by atoms with Gasteiger partial charge < -0.3 is 14.6 Å². The van der Waals surface area contributed by atoms with Gasteiger partial charge in [-0.1, -0.05) is 60.7 Å². The van der Waals surface area contributed by atoms with E-state index in [0.29, 0.717) is 12.5 Å². The molecule has 3 aromatic rings. The Morgan fingerprint density at radius 3 is 2.11 bits per heavy atom. The van der Waals surface area contributed by atoms with Crippen molar-refractivity contribution in [2.24, 2.45) is 4.99 Å². The highest BCUT2D eigenvalue weighted by molar-refractivity contribution is 5.94. The first kappa shape index (κ1) is 18.7. The zero-order valence-corrected chi connectivity index (χ0v) is 15.3. The number of hydrogen-bond donors (Lipinski definition) is 1. The molecule has 0 aliphatic heterocycles. The second-order valence-electron chi connectivity index (χ2n) is 6.05. The molecule has 0 heterocycles. The molecular weight excluding hydrogens is 338 g/mol. The summed E-state index contributed by atoms with van der Waals surface area (Å²) in [4.78, 5) is 4.71. The molecular formula is C23H23NO3. The highest BCUT2D eigenvalue weighted by atomic mass is 16.5. The minimum atomic E-state index is -0.390. The van der Waals surface area contributed by atoms with E-state index in [9.17, 15) is 5.11 Å². The molecule has 1 N–H and O–H groups in total. The third-order valence-corrected chi connectivity index (χ3v) is 4.19. The highest BCUT2D eigenvalue weighted by Gasteiger charge is 2.13. The van der Waals surface area contributed by atoms with Crippen LogP contribution in [0.2, 0.25) is 0 Å². The Morgan fingerprint density at radius 1 is 0.889 bits per heavy atom. The molecule has 1 atom stereocenters. The summed E-state index contributed by atoms with van der Waals surface area (Å²) in [5.41, 5.74) is 2.83. The van der Waals surface area contributed by atoms with E-state index in [1.54, 1.807) is 7.11 Å². The topological polar surface area (TPSA) is 51.0 Å². The van der Waals surface area contributed by atoms with Gasteiger partial charge in [0.15, 0.2) is 0 Å².